The van der Waals surface area contributed by atoms with Gasteiger partial charge in [0.2, 0.25) is 0 Å². The third kappa shape index (κ3) is 4.28. The summed E-state index contributed by atoms with van der Waals surface area (Å²) in [6.45, 7) is 0. The summed E-state index contributed by atoms with van der Waals surface area (Å²) in [5.74, 6) is 0.501. The predicted octanol–water partition coefficient (Wildman–Crippen LogP) is 1.74. The van der Waals surface area contributed by atoms with Gasteiger partial charge in [-0.15, -0.1) is 0 Å². The van der Waals surface area contributed by atoms with Crippen LogP contribution in [0.25, 0.3) is 22.2 Å². The molecule has 0 unspecified atom stereocenters. The molecular weight excluding hydrogens is 495 g/mol. The minimum absolute atomic E-state index is 0.501. The van der Waals surface area contributed by atoms with Gasteiger partial charge in [-0.2, -0.15) is 17.8 Å². The molecule has 0 fully saturated rings. The van der Waals surface area contributed by atoms with E-state index in [0.717, 1.165) is 30.4 Å². The highest BCUT2D eigenvalue weighted by molar-refractivity contribution is 14.1. The van der Waals surface area contributed by atoms with Crippen LogP contribution in [0.4, 0.5) is 5.82 Å². The number of imidazole rings is 1. The van der Waals surface area contributed by atoms with Crippen LogP contribution in [0, 0.1) is 3.70 Å². The van der Waals surface area contributed by atoms with E-state index >= 15 is 0 Å². The molecule has 0 aliphatic rings. The van der Waals surface area contributed by atoms with Gasteiger partial charge < -0.3 is 5.73 Å². The number of nitrogens with zero attached hydrogens (tertiary/aromatic N) is 6. The Morgan fingerprint density at radius 3 is 2.61 bits per heavy atom. The quantitative estimate of drug-likeness (QED) is 0.399. The Morgan fingerprint density at radius 1 is 1.21 bits per heavy atom. The Bertz CT molecular complexity index is 1190. The fourth-order valence-corrected chi connectivity index (χ4v) is 3.63. The van der Waals surface area contributed by atoms with E-state index < -0.39 is 10.2 Å². The minimum atomic E-state index is -3.37. The molecule has 0 bridgehead atoms. The molecule has 0 aliphatic carbocycles. The Kier molecular flexibility index (Phi) is 5.90. The minimum Gasteiger partial charge on any atom is -0.382 e. The summed E-state index contributed by atoms with van der Waals surface area (Å²) >= 11 is 1.95. The Labute approximate surface area is 175 Å². The largest absolute Gasteiger partial charge is 0.382 e. The van der Waals surface area contributed by atoms with Gasteiger partial charge in [0.05, 0.1) is 23.6 Å². The second-order valence-electron chi connectivity index (χ2n) is 5.78. The number of nitrogens with one attached hydrogen (secondary N) is 1. The number of aromatic nitrogens is 6. The Hall–Kier alpha value is -2.58. The predicted molar refractivity (Wildman–Crippen MR) is 114 cm³/mol. The number of hydrogen-bond donors (Lipinski definition) is 2. The molecule has 4 aromatic rings. The van der Waals surface area contributed by atoms with Crippen molar-refractivity contribution >= 4 is 49.5 Å². The van der Waals surface area contributed by atoms with Crippen molar-refractivity contribution in [2.75, 3.05) is 19.8 Å². The summed E-state index contributed by atoms with van der Waals surface area (Å²) in [4.78, 5) is 12.1. The normalized spacial score (nSPS) is 11.4. The molecule has 0 atom stereocenters. The fourth-order valence-electron chi connectivity index (χ4n) is 2.24. The molecular formula is C16H17IN8O2S. The lowest BCUT2D eigenvalue weighted by Crippen LogP contribution is -2.27. The topological polar surface area (TPSA) is 136 Å². The fraction of sp³-hybridized carbons (Fsp3) is 0.125. The molecule has 0 saturated heterocycles. The monoisotopic (exact) mass is 512 g/mol. The molecule has 0 amide bonds. The number of halogens is 1. The number of H-pyrrole nitrogens is 1. The molecule has 3 heterocycles. The number of nitrogens with two attached hydrogens (primary N) is 1. The van der Waals surface area contributed by atoms with Crippen LogP contribution in [0.2, 0.25) is 0 Å². The Morgan fingerprint density at radius 2 is 2.00 bits per heavy atom. The standard InChI is InChI=1S/C11H9N5.C5H8IN3O2S/c12-11-8-5-7(1-2-9(8)15-16-11)10-6-13-3-4-14-10;1-8(2)12(10,11)9-3-5(6)7-4-9/h1-6H,(H3,12,15,16);3-4H,1-2H3. The van der Waals surface area contributed by atoms with E-state index in [2.05, 4.69) is 25.1 Å². The summed E-state index contributed by atoms with van der Waals surface area (Å²) in [5.41, 5.74) is 8.47. The number of benzene rings is 1. The van der Waals surface area contributed by atoms with E-state index in [-0.39, 0.29) is 0 Å². The SMILES string of the molecule is CN(C)S(=O)(=O)n1cnc(I)c1.Nc1n[nH]c2ccc(-c3cnccn3)cc12. The van der Waals surface area contributed by atoms with Gasteiger partial charge in [0.15, 0.2) is 5.82 Å². The molecule has 0 aliphatic heterocycles. The van der Waals surface area contributed by atoms with Crippen LogP contribution < -0.4 is 5.73 Å². The van der Waals surface area contributed by atoms with Crippen LogP contribution >= 0.6 is 22.6 Å². The number of rotatable bonds is 3. The van der Waals surface area contributed by atoms with Crippen LogP contribution in [0.5, 0.6) is 0 Å². The highest BCUT2D eigenvalue weighted by Crippen LogP contribution is 2.24. The number of anilines is 1. The van der Waals surface area contributed by atoms with Gasteiger partial charge >= 0.3 is 10.2 Å². The van der Waals surface area contributed by atoms with Crippen LogP contribution in [-0.4, -0.2) is 55.9 Å². The average Bonchev–Trinajstić information content (AvgIpc) is 3.29. The molecule has 12 heteroatoms. The highest BCUT2D eigenvalue weighted by atomic mass is 127. The van der Waals surface area contributed by atoms with Gasteiger partial charge in [-0.1, -0.05) is 6.07 Å². The summed E-state index contributed by atoms with van der Waals surface area (Å²) in [7, 11) is -0.425. The van der Waals surface area contributed by atoms with Crippen molar-refractivity contribution in [2.24, 2.45) is 0 Å². The first-order chi connectivity index (χ1) is 13.3. The zero-order chi connectivity index (χ0) is 20.3. The third-order valence-corrected chi connectivity index (χ3v) is 5.92. The molecule has 3 aromatic heterocycles. The van der Waals surface area contributed by atoms with E-state index in [9.17, 15) is 8.42 Å². The molecule has 0 radical (unpaired) electrons. The van der Waals surface area contributed by atoms with E-state index in [1.807, 2.05) is 40.8 Å². The van der Waals surface area contributed by atoms with Crippen LogP contribution in [0.1, 0.15) is 0 Å². The molecule has 1 aromatic carbocycles. The highest BCUT2D eigenvalue weighted by Gasteiger charge is 2.15. The smallest absolute Gasteiger partial charge is 0.308 e. The molecule has 146 valence electrons. The molecule has 10 nitrogen and oxygen atoms in total. The van der Waals surface area contributed by atoms with E-state index in [0.29, 0.717) is 9.52 Å². The van der Waals surface area contributed by atoms with Crippen molar-refractivity contribution in [3.05, 3.63) is 53.0 Å². The van der Waals surface area contributed by atoms with Crippen LogP contribution in [-0.2, 0) is 10.2 Å². The summed E-state index contributed by atoms with van der Waals surface area (Å²) in [6.07, 6.45) is 7.76. The van der Waals surface area contributed by atoms with Crippen molar-refractivity contribution in [2.45, 2.75) is 0 Å². The maximum absolute atomic E-state index is 11.4. The maximum atomic E-state index is 11.4. The van der Waals surface area contributed by atoms with Crippen LogP contribution in [0.15, 0.2) is 49.3 Å². The molecule has 4 rings (SSSR count). The van der Waals surface area contributed by atoms with Crippen LogP contribution in [0.3, 0.4) is 0 Å². The van der Waals surface area contributed by atoms with Gasteiger partial charge in [-0.25, -0.2) is 8.96 Å². The van der Waals surface area contributed by atoms with Gasteiger partial charge in [0.1, 0.15) is 10.0 Å². The van der Waals surface area contributed by atoms with Gasteiger partial charge in [-0.05, 0) is 34.7 Å². The first kappa shape index (κ1) is 20.2. The molecule has 28 heavy (non-hydrogen) atoms. The van der Waals surface area contributed by atoms with E-state index in [4.69, 9.17) is 5.73 Å². The second-order valence-corrected chi connectivity index (χ2v) is 8.93. The molecule has 0 spiro atoms. The second kappa shape index (κ2) is 8.20. The van der Waals surface area contributed by atoms with Gasteiger partial charge in [0, 0.05) is 37.4 Å². The summed E-state index contributed by atoms with van der Waals surface area (Å²) in [6, 6.07) is 5.85. The summed E-state index contributed by atoms with van der Waals surface area (Å²) in [5, 5.41) is 7.71. The Balaban J connectivity index is 0.000000169. The first-order valence-corrected chi connectivity index (χ1v) is 10.4. The number of fused-ring (bicyclic) bond motifs is 1. The zero-order valence-corrected chi connectivity index (χ0v) is 18.0. The third-order valence-electron chi connectivity index (χ3n) is 3.71. The van der Waals surface area contributed by atoms with Crippen molar-refractivity contribution in [3.8, 4) is 11.3 Å². The van der Waals surface area contributed by atoms with Crippen molar-refractivity contribution in [1.29, 1.82) is 0 Å². The van der Waals surface area contributed by atoms with E-state index in [1.165, 1.54) is 26.6 Å². The van der Waals surface area contributed by atoms with Crippen molar-refractivity contribution in [3.63, 3.8) is 0 Å². The van der Waals surface area contributed by atoms with Crippen molar-refractivity contribution < 1.29 is 8.42 Å². The van der Waals surface area contributed by atoms with Gasteiger partial charge in [-0.3, -0.25) is 15.1 Å². The number of aromatic amines is 1. The average molecular weight is 512 g/mol. The summed E-state index contributed by atoms with van der Waals surface area (Å²) < 4.78 is 25.6. The first-order valence-electron chi connectivity index (χ1n) is 7.91. The number of hydrogen-bond acceptors (Lipinski definition) is 7. The molecule has 3 N–H and O–H groups in total. The van der Waals surface area contributed by atoms with Gasteiger partial charge in [0.25, 0.3) is 0 Å². The van der Waals surface area contributed by atoms with E-state index in [1.54, 1.807) is 18.6 Å². The lowest BCUT2D eigenvalue weighted by atomic mass is 10.1. The maximum Gasteiger partial charge on any atom is 0.308 e. The van der Waals surface area contributed by atoms with Crippen molar-refractivity contribution in [1.82, 2.24) is 33.4 Å². The lowest BCUT2D eigenvalue weighted by Gasteiger charge is -2.10. The number of nitrogen functional groups attached to an aromatic ring is 1. The lowest BCUT2D eigenvalue weighted by molar-refractivity contribution is 0.510. The zero-order valence-electron chi connectivity index (χ0n) is 15.0. The molecule has 0 saturated carbocycles.